The first-order valence-corrected chi connectivity index (χ1v) is 12.9. The van der Waals surface area contributed by atoms with Crippen LogP contribution in [0.1, 0.15) is 65.2 Å². The summed E-state index contributed by atoms with van der Waals surface area (Å²) in [5.74, 6) is 0.292. The van der Waals surface area contributed by atoms with Crippen LogP contribution in [-0.4, -0.2) is 18.2 Å². The third-order valence-electron chi connectivity index (χ3n) is 4.19. The fraction of sp³-hybridized carbons (Fsp3) is 0.520. The van der Waals surface area contributed by atoms with Crippen molar-refractivity contribution in [1.29, 1.82) is 0 Å². The summed E-state index contributed by atoms with van der Waals surface area (Å²) < 4.78 is 16.2. The second-order valence-electron chi connectivity index (χ2n) is 7.02. The quantitative estimate of drug-likeness (QED) is 0.192. The third-order valence-corrected chi connectivity index (χ3v) is 4.82. The molecular formula is C25H41O3P. The van der Waals surface area contributed by atoms with E-state index in [0.29, 0.717) is 12.5 Å². The van der Waals surface area contributed by atoms with Crippen LogP contribution in [-0.2, 0) is 9.09 Å². The zero-order valence-electron chi connectivity index (χ0n) is 18.6. The summed E-state index contributed by atoms with van der Waals surface area (Å²) >= 11 is 0. The molecule has 0 spiro atoms. The summed E-state index contributed by atoms with van der Waals surface area (Å²) in [5.41, 5.74) is 0. The molecule has 29 heavy (non-hydrogen) atoms. The SMILES string of the molecule is CC/C=C\C/C=C\C/C=C\C/C=C\C/C=C\C/C=C\CC(CC)COP(C)(=O)O. The molecule has 0 radical (unpaired) electrons. The zero-order chi connectivity index (χ0) is 21.6. The lowest BCUT2D eigenvalue weighted by molar-refractivity contribution is 0.216. The van der Waals surface area contributed by atoms with Gasteiger partial charge >= 0.3 is 7.60 Å². The standard InChI is InChI=1S/C25H41O3P/c1-4-6-7-8-9-10-11-12-13-14-15-16-17-18-19-20-21-22-23-25(5-2)24-28-29(3,26)27/h6-7,9-10,12-13,15-16,18-19,21-22,25H,4-5,8,11,14,17,20,23-24H2,1-3H3,(H,26,27)/b7-6-,10-9-,13-12-,16-15-,19-18-,22-21-. The third kappa shape index (κ3) is 22.7. The molecule has 0 aromatic heterocycles. The van der Waals surface area contributed by atoms with Gasteiger partial charge in [-0.1, -0.05) is 93.2 Å². The van der Waals surface area contributed by atoms with E-state index in [1.165, 1.54) is 6.66 Å². The Balaban J connectivity index is 3.74. The highest BCUT2D eigenvalue weighted by atomic mass is 31.2. The lowest BCUT2D eigenvalue weighted by atomic mass is 10.0. The van der Waals surface area contributed by atoms with E-state index in [1.54, 1.807) is 0 Å². The minimum absolute atomic E-state index is 0.292. The molecule has 0 aliphatic heterocycles. The fourth-order valence-electron chi connectivity index (χ4n) is 2.41. The Morgan fingerprint density at radius 1 is 0.724 bits per heavy atom. The van der Waals surface area contributed by atoms with Gasteiger partial charge < -0.3 is 9.42 Å². The smallest absolute Gasteiger partial charge is 0.324 e. The second kappa shape index (κ2) is 19.9. The predicted molar refractivity (Wildman–Crippen MR) is 128 cm³/mol. The van der Waals surface area contributed by atoms with E-state index < -0.39 is 7.60 Å². The molecule has 164 valence electrons. The lowest BCUT2D eigenvalue weighted by Gasteiger charge is -2.14. The van der Waals surface area contributed by atoms with Gasteiger partial charge in [-0.15, -0.1) is 0 Å². The van der Waals surface area contributed by atoms with Gasteiger partial charge in [0.2, 0.25) is 0 Å². The highest BCUT2D eigenvalue weighted by Crippen LogP contribution is 2.37. The van der Waals surface area contributed by atoms with Gasteiger partial charge in [-0.05, 0) is 50.9 Å². The van der Waals surface area contributed by atoms with E-state index >= 15 is 0 Å². The largest absolute Gasteiger partial charge is 0.325 e. The number of rotatable bonds is 17. The van der Waals surface area contributed by atoms with Crippen molar-refractivity contribution in [3.8, 4) is 0 Å². The Morgan fingerprint density at radius 2 is 1.10 bits per heavy atom. The summed E-state index contributed by atoms with van der Waals surface area (Å²) in [4.78, 5) is 9.18. The Kier molecular flexibility index (Phi) is 18.9. The normalized spacial score (nSPS) is 16.4. The van der Waals surface area contributed by atoms with Crippen molar-refractivity contribution in [2.45, 2.75) is 65.2 Å². The van der Waals surface area contributed by atoms with Crippen LogP contribution in [0.5, 0.6) is 0 Å². The van der Waals surface area contributed by atoms with Gasteiger partial charge in [0.1, 0.15) is 0 Å². The summed E-state index contributed by atoms with van der Waals surface area (Å²) in [7, 11) is -3.36. The maximum Gasteiger partial charge on any atom is 0.325 e. The van der Waals surface area contributed by atoms with E-state index in [1.807, 2.05) is 0 Å². The molecule has 0 aliphatic carbocycles. The molecule has 4 heteroatoms. The van der Waals surface area contributed by atoms with Crippen LogP contribution in [0, 0.1) is 5.92 Å². The van der Waals surface area contributed by atoms with Crippen molar-refractivity contribution in [2.24, 2.45) is 5.92 Å². The van der Waals surface area contributed by atoms with Crippen molar-refractivity contribution >= 4 is 7.60 Å². The van der Waals surface area contributed by atoms with E-state index in [9.17, 15) is 9.46 Å². The van der Waals surface area contributed by atoms with Crippen molar-refractivity contribution < 1.29 is 14.0 Å². The van der Waals surface area contributed by atoms with Gasteiger partial charge in [0.05, 0.1) is 6.61 Å². The van der Waals surface area contributed by atoms with Crippen LogP contribution < -0.4 is 0 Å². The molecular weight excluding hydrogens is 379 g/mol. The van der Waals surface area contributed by atoms with Crippen LogP contribution >= 0.6 is 7.60 Å². The Labute approximate surface area is 179 Å². The topological polar surface area (TPSA) is 46.5 Å². The minimum atomic E-state index is -3.36. The lowest BCUT2D eigenvalue weighted by Crippen LogP contribution is -2.06. The fourth-order valence-corrected chi connectivity index (χ4v) is 2.89. The van der Waals surface area contributed by atoms with Crippen LogP contribution in [0.25, 0.3) is 0 Å². The predicted octanol–water partition coefficient (Wildman–Crippen LogP) is 7.93. The molecule has 0 bridgehead atoms. The first kappa shape index (κ1) is 27.6. The van der Waals surface area contributed by atoms with Gasteiger partial charge in [0.15, 0.2) is 0 Å². The van der Waals surface area contributed by atoms with Gasteiger partial charge in [-0.3, -0.25) is 4.57 Å². The first-order chi connectivity index (χ1) is 14.0. The van der Waals surface area contributed by atoms with Crippen LogP contribution in [0.15, 0.2) is 72.9 Å². The van der Waals surface area contributed by atoms with E-state index in [4.69, 9.17) is 4.52 Å². The minimum Gasteiger partial charge on any atom is -0.324 e. The van der Waals surface area contributed by atoms with Gasteiger partial charge in [-0.2, -0.15) is 0 Å². The van der Waals surface area contributed by atoms with Gasteiger partial charge in [0.25, 0.3) is 0 Å². The van der Waals surface area contributed by atoms with E-state index in [-0.39, 0.29) is 0 Å². The molecule has 0 saturated carbocycles. The molecule has 0 saturated heterocycles. The molecule has 0 fully saturated rings. The summed E-state index contributed by atoms with van der Waals surface area (Å²) in [6.07, 6.45) is 34.0. The zero-order valence-corrected chi connectivity index (χ0v) is 19.5. The van der Waals surface area contributed by atoms with Gasteiger partial charge in [-0.25, -0.2) is 0 Å². The molecule has 0 aromatic carbocycles. The van der Waals surface area contributed by atoms with Crippen molar-refractivity contribution in [2.75, 3.05) is 13.3 Å². The summed E-state index contributed by atoms with van der Waals surface area (Å²) in [6, 6.07) is 0. The van der Waals surface area contributed by atoms with Crippen LogP contribution in [0.2, 0.25) is 0 Å². The van der Waals surface area contributed by atoms with Crippen LogP contribution in [0.4, 0.5) is 0 Å². The van der Waals surface area contributed by atoms with Crippen molar-refractivity contribution in [3.05, 3.63) is 72.9 Å². The molecule has 1 N–H and O–H groups in total. The molecule has 3 nitrogen and oxygen atoms in total. The summed E-state index contributed by atoms with van der Waals surface area (Å²) in [5, 5.41) is 0. The molecule has 0 heterocycles. The molecule has 2 atom stereocenters. The number of allylic oxidation sites excluding steroid dienone is 12. The summed E-state index contributed by atoms with van der Waals surface area (Å²) in [6.45, 7) is 5.80. The Morgan fingerprint density at radius 3 is 1.45 bits per heavy atom. The van der Waals surface area contributed by atoms with E-state index in [2.05, 4.69) is 86.8 Å². The Bertz CT molecular complexity index is 591. The maximum absolute atomic E-state index is 11.2. The molecule has 0 amide bonds. The average molecular weight is 421 g/mol. The van der Waals surface area contributed by atoms with Crippen LogP contribution in [0.3, 0.4) is 0 Å². The molecule has 0 aliphatic rings. The second-order valence-corrected chi connectivity index (χ2v) is 8.89. The van der Waals surface area contributed by atoms with Crippen molar-refractivity contribution in [1.82, 2.24) is 0 Å². The number of hydrogen-bond donors (Lipinski definition) is 1. The maximum atomic E-state index is 11.2. The van der Waals surface area contributed by atoms with E-state index in [0.717, 1.165) is 51.4 Å². The highest BCUT2D eigenvalue weighted by molar-refractivity contribution is 7.51. The molecule has 0 rings (SSSR count). The molecule has 0 aromatic rings. The monoisotopic (exact) mass is 420 g/mol. The van der Waals surface area contributed by atoms with Gasteiger partial charge in [0, 0.05) is 6.66 Å². The number of hydrogen-bond acceptors (Lipinski definition) is 2. The Hall–Kier alpha value is -1.41. The van der Waals surface area contributed by atoms with Crippen molar-refractivity contribution in [3.63, 3.8) is 0 Å². The molecule has 2 unspecified atom stereocenters. The first-order valence-electron chi connectivity index (χ1n) is 10.8. The average Bonchev–Trinajstić information content (AvgIpc) is 2.68. The highest BCUT2D eigenvalue weighted by Gasteiger charge is 2.13.